The molecule has 0 aliphatic carbocycles. The van der Waals surface area contributed by atoms with E-state index < -0.39 is 5.82 Å². The number of nitrogens with zero attached hydrogens (tertiary/aromatic N) is 4. The number of rotatable bonds is 4. The highest BCUT2D eigenvalue weighted by Gasteiger charge is 2.29. The van der Waals surface area contributed by atoms with Gasteiger partial charge in [0.1, 0.15) is 17.2 Å². The van der Waals surface area contributed by atoms with Gasteiger partial charge in [0.05, 0.1) is 17.0 Å². The topological polar surface area (TPSA) is 72.7 Å². The number of amides is 1. The van der Waals surface area contributed by atoms with Crippen molar-refractivity contribution in [3.8, 4) is 22.6 Å². The molecule has 4 heterocycles. The summed E-state index contributed by atoms with van der Waals surface area (Å²) >= 11 is 1.34. The number of fused-ring (bicyclic) bond motifs is 1. The smallest absolute Gasteiger partial charge is 0.261 e. The van der Waals surface area contributed by atoms with Crippen LogP contribution in [-0.4, -0.2) is 25.7 Å². The summed E-state index contributed by atoms with van der Waals surface area (Å²) in [5.74, 6) is -0.720. The van der Waals surface area contributed by atoms with Gasteiger partial charge < -0.3 is 0 Å². The van der Waals surface area contributed by atoms with Crippen LogP contribution in [0.3, 0.4) is 0 Å². The third-order valence-electron chi connectivity index (χ3n) is 5.64. The van der Waals surface area contributed by atoms with Crippen molar-refractivity contribution in [3.63, 3.8) is 0 Å². The van der Waals surface area contributed by atoms with Gasteiger partial charge >= 0.3 is 0 Å². The Morgan fingerprint density at radius 2 is 2.03 bits per heavy atom. The molecule has 0 radical (unpaired) electrons. The molecule has 4 aromatic rings. The zero-order valence-electron chi connectivity index (χ0n) is 17.1. The number of carbonyl (C=O) groups is 1. The number of carbonyl (C=O) groups excluding carboxylic acids is 1. The van der Waals surface area contributed by atoms with Gasteiger partial charge in [0.25, 0.3) is 5.91 Å². The molecule has 0 saturated heterocycles. The van der Waals surface area contributed by atoms with E-state index in [1.807, 2.05) is 30.0 Å². The minimum absolute atomic E-state index is 0.323. The van der Waals surface area contributed by atoms with Crippen molar-refractivity contribution in [2.75, 3.05) is 5.32 Å². The van der Waals surface area contributed by atoms with Gasteiger partial charge in [-0.3, -0.25) is 19.8 Å². The van der Waals surface area contributed by atoms with Crippen LogP contribution in [0.4, 0.5) is 9.52 Å². The Balaban J connectivity index is 1.49. The molecular formula is C23H20FN5OS. The third-order valence-corrected chi connectivity index (χ3v) is 6.40. The van der Waals surface area contributed by atoms with E-state index in [2.05, 4.69) is 20.4 Å². The van der Waals surface area contributed by atoms with Gasteiger partial charge in [-0.15, -0.1) is 11.3 Å². The minimum atomic E-state index is -0.397. The van der Waals surface area contributed by atoms with Crippen molar-refractivity contribution < 1.29 is 9.18 Å². The Labute approximate surface area is 182 Å². The lowest BCUT2D eigenvalue weighted by molar-refractivity contribution is 0.102. The van der Waals surface area contributed by atoms with Crippen molar-refractivity contribution in [1.29, 1.82) is 0 Å². The fourth-order valence-corrected chi connectivity index (χ4v) is 4.59. The minimum Gasteiger partial charge on any atom is -0.298 e. The van der Waals surface area contributed by atoms with Crippen LogP contribution >= 0.6 is 11.3 Å². The molecule has 0 fully saturated rings. The van der Waals surface area contributed by atoms with E-state index in [1.54, 1.807) is 24.4 Å². The summed E-state index contributed by atoms with van der Waals surface area (Å²) in [6.07, 6.45) is 3.41. The van der Waals surface area contributed by atoms with E-state index in [0.717, 1.165) is 47.6 Å². The van der Waals surface area contributed by atoms with Crippen molar-refractivity contribution in [2.24, 2.45) is 0 Å². The standard InChI is InChI=1S/C23H20FN5OS/c1-13-9-10-25-20(14(13)2)17-12-31-23(26-17)27-22(30)19-18-8-5-11-29(18)28-21(19)15-6-3-4-7-16(15)24/h3-4,6-7,9-10,12H,5,8,11H2,1-2H3,(H,26,27,30). The zero-order valence-corrected chi connectivity index (χ0v) is 18.0. The summed E-state index contributed by atoms with van der Waals surface area (Å²) in [6.45, 7) is 4.76. The Hall–Kier alpha value is -3.39. The number of aromatic nitrogens is 4. The maximum atomic E-state index is 14.5. The largest absolute Gasteiger partial charge is 0.298 e. The van der Waals surface area contributed by atoms with Crippen molar-refractivity contribution in [1.82, 2.24) is 19.7 Å². The van der Waals surface area contributed by atoms with Crippen LogP contribution in [0.15, 0.2) is 41.9 Å². The van der Waals surface area contributed by atoms with Crippen LogP contribution in [0.5, 0.6) is 0 Å². The predicted molar refractivity (Wildman–Crippen MR) is 119 cm³/mol. The summed E-state index contributed by atoms with van der Waals surface area (Å²) in [4.78, 5) is 22.3. The number of benzene rings is 1. The average Bonchev–Trinajstić information content (AvgIpc) is 3.46. The molecule has 1 aliphatic heterocycles. The molecule has 0 bridgehead atoms. The number of hydrogen-bond donors (Lipinski definition) is 1. The van der Waals surface area contributed by atoms with Gasteiger partial charge in [-0.1, -0.05) is 12.1 Å². The zero-order chi connectivity index (χ0) is 21.5. The second-order valence-corrected chi connectivity index (χ2v) is 8.43. The third kappa shape index (κ3) is 3.42. The first-order valence-corrected chi connectivity index (χ1v) is 10.9. The number of nitrogens with one attached hydrogen (secondary N) is 1. The second kappa shape index (κ2) is 7.70. The van der Waals surface area contributed by atoms with E-state index in [4.69, 9.17) is 0 Å². The fraction of sp³-hybridized carbons (Fsp3) is 0.217. The van der Waals surface area contributed by atoms with Crippen LogP contribution in [0.25, 0.3) is 22.6 Å². The van der Waals surface area contributed by atoms with Crippen molar-refractivity contribution in [2.45, 2.75) is 33.2 Å². The van der Waals surface area contributed by atoms with Gasteiger partial charge in [-0.25, -0.2) is 9.37 Å². The Morgan fingerprint density at radius 3 is 2.87 bits per heavy atom. The number of thiazole rings is 1. The van der Waals surface area contributed by atoms with E-state index >= 15 is 0 Å². The predicted octanol–water partition coefficient (Wildman–Crippen LogP) is 5.02. The molecule has 31 heavy (non-hydrogen) atoms. The molecule has 6 nitrogen and oxygen atoms in total. The maximum absolute atomic E-state index is 14.5. The molecule has 0 spiro atoms. The highest BCUT2D eigenvalue weighted by atomic mass is 32.1. The average molecular weight is 434 g/mol. The van der Waals surface area contributed by atoms with Crippen LogP contribution in [0.2, 0.25) is 0 Å². The Bertz CT molecular complexity index is 1310. The molecule has 0 saturated carbocycles. The summed E-state index contributed by atoms with van der Waals surface area (Å²) in [7, 11) is 0. The van der Waals surface area contributed by atoms with Gasteiger partial charge in [-0.05, 0) is 56.0 Å². The van der Waals surface area contributed by atoms with Crippen molar-refractivity contribution in [3.05, 3.63) is 70.1 Å². The summed E-state index contributed by atoms with van der Waals surface area (Å²) in [6, 6.07) is 8.36. The van der Waals surface area contributed by atoms with E-state index in [-0.39, 0.29) is 5.91 Å². The SMILES string of the molecule is Cc1ccnc(-c2csc(NC(=O)c3c(-c4ccccc4F)nn4c3CCC4)n2)c1C. The molecule has 1 N–H and O–H groups in total. The molecule has 8 heteroatoms. The van der Waals surface area contributed by atoms with E-state index in [0.29, 0.717) is 22.0 Å². The molecule has 1 aromatic carbocycles. The lowest BCUT2D eigenvalue weighted by Gasteiger charge is -2.06. The first kappa shape index (κ1) is 19.6. The monoisotopic (exact) mass is 433 g/mol. The van der Waals surface area contributed by atoms with E-state index in [9.17, 15) is 9.18 Å². The molecule has 3 aromatic heterocycles. The van der Waals surface area contributed by atoms with Crippen LogP contribution in [0, 0.1) is 19.7 Å². The van der Waals surface area contributed by atoms with Crippen LogP contribution in [-0.2, 0) is 13.0 Å². The Kier molecular flexibility index (Phi) is 4.86. The number of pyridine rings is 1. The molecular weight excluding hydrogens is 413 g/mol. The summed E-state index contributed by atoms with van der Waals surface area (Å²) in [5.41, 5.74) is 5.67. The molecule has 5 rings (SSSR count). The van der Waals surface area contributed by atoms with E-state index in [1.165, 1.54) is 17.4 Å². The highest BCUT2D eigenvalue weighted by Crippen LogP contribution is 2.33. The first-order valence-electron chi connectivity index (χ1n) is 10.1. The fourth-order valence-electron chi connectivity index (χ4n) is 3.90. The lowest BCUT2D eigenvalue weighted by Crippen LogP contribution is -2.14. The number of aryl methyl sites for hydroxylation is 2. The summed E-state index contributed by atoms with van der Waals surface area (Å²) in [5, 5.41) is 9.79. The quantitative estimate of drug-likeness (QED) is 0.490. The van der Waals surface area contributed by atoms with Gasteiger partial charge in [0.2, 0.25) is 0 Å². The Morgan fingerprint density at radius 1 is 1.19 bits per heavy atom. The number of halogens is 1. The second-order valence-electron chi connectivity index (χ2n) is 7.57. The van der Waals surface area contributed by atoms with Gasteiger partial charge in [-0.2, -0.15) is 5.10 Å². The first-order chi connectivity index (χ1) is 15.0. The van der Waals surface area contributed by atoms with Crippen LogP contribution in [0.1, 0.15) is 33.6 Å². The van der Waals surface area contributed by atoms with Crippen LogP contribution < -0.4 is 5.32 Å². The number of hydrogen-bond acceptors (Lipinski definition) is 5. The number of anilines is 1. The highest BCUT2D eigenvalue weighted by molar-refractivity contribution is 7.14. The normalized spacial score (nSPS) is 12.7. The van der Waals surface area contributed by atoms with Gasteiger partial charge in [0, 0.05) is 23.7 Å². The molecule has 156 valence electrons. The molecule has 0 atom stereocenters. The van der Waals surface area contributed by atoms with Gasteiger partial charge in [0.15, 0.2) is 5.13 Å². The maximum Gasteiger partial charge on any atom is 0.261 e. The molecule has 0 unspecified atom stereocenters. The summed E-state index contributed by atoms with van der Waals surface area (Å²) < 4.78 is 16.3. The van der Waals surface area contributed by atoms with Crippen molar-refractivity contribution >= 4 is 22.4 Å². The lowest BCUT2D eigenvalue weighted by atomic mass is 10.0. The molecule has 1 aliphatic rings. The molecule has 1 amide bonds.